The Morgan fingerprint density at radius 1 is 1.02 bits per heavy atom. The molecule has 212 valence electrons. The Labute approximate surface area is 241 Å². The molecule has 0 saturated carbocycles. The van der Waals surface area contributed by atoms with E-state index in [-0.39, 0.29) is 16.9 Å². The van der Waals surface area contributed by atoms with Crippen molar-refractivity contribution in [2.24, 2.45) is 5.73 Å². The highest BCUT2D eigenvalue weighted by Crippen LogP contribution is 2.45. The van der Waals surface area contributed by atoms with Gasteiger partial charge < -0.3 is 24.7 Å². The van der Waals surface area contributed by atoms with Gasteiger partial charge in [-0.05, 0) is 59.7 Å². The van der Waals surface area contributed by atoms with Gasteiger partial charge in [-0.1, -0.05) is 64.1 Å². The molecule has 0 amide bonds. The van der Waals surface area contributed by atoms with Gasteiger partial charge in [0.25, 0.3) is 0 Å². The first-order valence-electron chi connectivity index (χ1n) is 13.8. The first-order chi connectivity index (χ1) is 19.6. The van der Waals surface area contributed by atoms with Crippen molar-refractivity contribution in [3.05, 3.63) is 100 Å². The third kappa shape index (κ3) is 6.90. The van der Waals surface area contributed by atoms with E-state index in [9.17, 15) is 10.1 Å². The van der Waals surface area contributed by atoms with Crippen LogP contribution in [0.2, 0.25) is 0 Å². The molecule has 41 heavy (non-hydrogen) atoms. The summed E-state index contributed by atoms with van der Waals surface area (Å²) in [6.07, 6.45) is 3.96. The molecule has 1 atom stereocenters. The lowest BCUT2D eigenvalue weighted by Gasteiger charge is -2.27. The van der Waals surface area contributed by atoms with Crippen LogP contribution in [-0.4, -0.2) is 19.2 Å². The molecule has 7 nitrogen and oxygen atoms in total. The minimum Gasteiger partial charge on any atom is -0.490 e. The molecule has 7 heteroatoms. The molecule has 0 spiro atoms. The maximum atomic E-state index is 12.6. The number of nitrogens with zero attached hydrogens (tertiary/aromatic N) is 1. The summed E-state index contributed by atoms with van der Waals surface area (Å²) in [4.78, 5) is 12.6. The van der Waals surface area contributed by atoms with E-state index in [1.165, 1.54) is 11.6 Å². The Morgan fingerprint density at radius 2 is 1.78 bits per heavy atom. The topological polar surface area (TPSA) is 104 Å². The van der Waals surface area contributed by atoms with Gasteiger partial charge in [-0.25, -0.2) is 4.79 Å². The average molecular weight is 553 g/mol. The van der Waals surface area contributed by atoms with Crippen LogP contribution < -0.4 is 24.7 Å². The molecule has 0 aliphatic carbocycles. The highest BCUT2D eigenvalue weighted by atomic mass is 16.5. The third-order valence-electron chi connectivity index (χ3n) is 6.66. The zero-order valence-electron chi connectivity index (χ0n) is 24.2. The highest BCUT2D eigenvalue weighted by Gasteiger charge is 2.31. The Kier molecular flexibility index (Phi) is 9.04. The molecule has 2 N–H and O–H groups in total. The van der Waals surface area contributed by atoms with Crippen molar-refractivity contribution < 1.29 is 23.7 Å². The number of nitrogens with two attached hydrogens (primary N) is 1. The van der Waals surface area contributed by atoms with E-state index in [0.29, 0.717) is 36.2 Å². The second kappa shape index (κ2) is 12.6. The summed E-state index contributed by atoms with van der Waals surface area (Å²) in [7, 11) is 0. The normalized spacial score (nSPS) is 14.7. The lowest BCUT2D eigenvalue weighted by Crippen LogP contribution is -2.21. The quantitative estimate of drug-likeness (QED) is 0.173. The van der Waals surface area contributed by atoms with E-state index in [2.05, 4.69) is 39.0 Å². The number of carbonyl (C=O) groups excluding carboxylic acids is 1. The monoisotopic (exact) mass is 552 g/mol. The third-order valence-corrected chi connectivity index (χ3v) is 6.66. The smallest absolute Gasteiger partial charge is 0.336 e. The number of nitriles is 1. The molecular weight excluding hydrogens is 516 g/mol. The molecule has 0 bridgehead atoms. The average Bonchev–Trinajstić information content (AvgIpc) is 2.94. The minimum atomic E-state index is -0.526. The predicted octanol–water partition coefficient (Wildman–Crippen LogP) is 7.01. The standard InChI is InChI=1S/C34H36N2O5/c1-6-18-39-28-16-11-23(19-30(28)38-7-2)32-26-15-14-25(20-29(26)41-33(36)27(32)21-35)40-31(37)17-10-22-8-12-24(13-9-22)34(3,4)5/h8-17,19-20,32H,6-7,18,36H2,1-5H3/b17-10+. The van der Waals surface area contributed by atoms with E-state index in [4.69, 9.17) is 24.7 Å². The molecule has 3 aromatic rings. The fraction of sp³-hybridized carbons (Fsp3) is 0.294. The first kappa shape index (κ1) is 29.3. The van der Waals surface area contributed by atoms with Crippen molar-refractivity contribution in [1.82, 2.24) is 0 Å². The van der Waals surface area contributed by atoms with Gasteiger partial charge in [0, 0.05) is 17.7 Å². The lowest BCUT2D eigenvalue weighted by molar-refractivity contribution is -0.128. The molecule has 4 rings (SSSR count). The predicted molar refractivity (Wildman–Crippen MR) is 159 cm³/mol. The van der Waals surface area contributed by atoms with Gasteiger partial charge in [-0.3, -0.25) is 0 Å². The van der Waals surface area contributed by atoms with Crippen molar-refractivity contribution in [2.45, 2.75) is 52.4 Å². The number of allylic oxidation sites excluding steroid dienone is 1. The second-order valence-corrected chi connectivity index (χ2v) is 10.7. The maximum absolute atomic E-state index is 12.6. The van der Waals surface area contributed by atoms with Crippen LogP contribution >= 0.6 is 0 Å². The Bertz CT molecular complexity index is 1510. The molecule has 1 unspecified atom stereocenters. The van der Waals surface area contributed by atoms with Gasteiger partial charge in [0.05, 0.1) is 19.1 Å². The highest BCUT2D eigenvalue weighted by molar-refractivity contribution is 5.88. The van der Waals surface area contributed by atoms with E-state index < -0.39 is 11.9 Å². The molecule has 1 aliphatic heterocycles. The van der Waals surface area contributed by atoms with Crippen molar-refractivity contribution >= 4 is 12.0 Å². The molecule has 1 heterocycles. The van der Waals surface area contributed by atoms with E-state index in [1.54, 1.807) is 24.3 Å². The number of esters is 1. The SMILES string of the molecule is CCCOc1ccc(C2C(C#N)=C(N)Oc3cc(OC(=O)/C=C/c4ccc(C(C)(C)C)cc4)ccc32)cc1OCC. The van der Waals surface area contributed by atoms with Gasteiger partial charge in [-0.2, -0.15) is 5.26 Å². The van der Waals surface area contributed by atoms with Crippen LogP contribution in [-0.2, 0) is 10.2 Å². The van der Waals surface area contributed by atoms with E-state index >= 15 is 0 Å². The number of hydrogen-bond donors (Lipinski definition) is 1. The Morgan fingerprint density at radius 3 is 2.44 bits per heavy atom. The molecular formula is C34H36N2O5. The molecule has 0 saturated heterocycles. The van der Waals surface area contributed by atoms with Crippen LogP contribution in [0.1, 0.15) is 69.2 Å². The number of ether oxygens (including phenoxy) is 4. The maximum Gasteiger partial charge on any atom is 0.336 e. The van der Waals surface area contributed by atoms with Crippen LogP contribution in [0.4, 0.5) is 0 Å². The number of rotatable bonds is 9. The fourth-order valence-electron chi connectivity index (χ4n) is 4.55. The molecule has 0 radical (unpaired) electrons. The Balaban J connectivity index is 1.57. The van der Waals surface area contributed by atoms with Gasteiger partial charge >= 0.3 is 5.97 Å². The first-order valence-corrected chi connectivity index (χ1v) is 13.8. The molecule has 3 aromatic carbocycles. The summed E-state index contributed by atoms with van der Waals surface area (Å²) < 4.78 is 23.0. The number of hydrogen-bond acceptors (Lipinski definition) is 7. The van der Waals surface area contributed by atoms with Crippen LogP contribution in [0.25, 0.3) is 6.08 Å². The molecule has 0 aromatic heterocycles. The summed E-state index contributed by atoms with van der Waals surface area (Å²) in [5.41, 5.74) is 10.1. The van der Waals surface area contributed by atoms with Crippen LogP contribution in [0, 0.1) is 11.3 Å². The fourth-order valence-corrected chi connectivity index (χ4v) is 4.55. The molecule has 1 aliphatic rings. The summed E-state index contributed by atoms with van der Waals surface area (Å²) in [5, 5.41) is 9.94. The zero-order chi connectivity index (χ0) is 29.6. The minimum absolute atomic E-state index is 0.00338. The number of carbonyl (C=O) groups is 1. The van der Waals surface area contributed by atoms with Crippen molar-refractivity contribution in [3.63, 3.8) is 0 Å². The second-order valence-electron chi connectivity index (χ2n) is 10.7. The summed E-state index contributed by atoms with van der Waals surface area (Å²) in [6.45, 7) is 11.4. The summed E-state index contributed by atoms with van der Waals surface area (Å²) >= 11 is 0. The van der Waals surface area contributed by atoms with Crippen LogP contribution in [0.15, 0.2) is 78.2 Å². The van der Waals surface area contributed by atoms with Gasteiger partial charge in [0.15, 0.2) is 11.5 Å². The van der Waals surface area contributed by atoms with E-state index in [0.717, 1.165) is 23.1 Å². The largest absolute Gasteiger partial charge is 0.490 e. The number of benzene rings is 3. The Hall–Kier alpha value is -4.70. The molecule has 0 fully saturated rings. The van der Waals surface area contributed by atoms with Crippen molar-refractivity contribution in [2.75, 3.05) is 13.2 Å². The zero-order valence-corrected chi connectivity index (χ0v) is 24.2. The van der Waals surface area contributed by atoms with Gasteiger partial charge in [0.2, 0.25) is 5.88 Å². The summed E-state index contributed by atoms with van der Waals surface area (Å²) in [5.74, 6) is 0.908. The van der Waals surface area contributed by atoms with Gasteiger partial charge in [-0.15, -0.1) is 0 Å². The number of fused-ring (bicyclic) bond motifs is 1. The van der Waals surface area contributed by atoms with Gasteiger partial charge in [0.1, 0.15) is 23.1 Å². The van der Waals surface area contributed by atoms with Crippen LogP contribution in [0.3, 0.4) is 0 Å². The lowest BCUT2D eigenvalue weighted by atomic mass is 9.83. The van der Waals surface area contributed by atoms with E-state index in [1.807, 2.05) is 44.2 Å². The van der Waals surface area contributed by atoms with Crippen molar-refractivity contribution in [3.8, 4) is 29.1 Å². The van der Waals surface area contributed by atoms with Crippen LogP contribution in [0.5, 0.6) is 23.0 Å². The van der Waals surface area contributed by atoms with Crippen molar-refractivity contribution in [1.29, 1.82) is 5.26 Å². The summed E-state index contributed by atoms with van der Waals surface area (Å²) in [6, 6.07) is 20.9.